The Morgan fingerprint density at radius 1 is 1.27 bits per heavy atom. The van der Waals surface area contributed by atoms with Crippen molar-refractivity contribution < 1.29 is 4.79 Å². The van der Waals surface area contributed by atoms with E-state index >= 15 is 0 Å². The average molecular weight is 321 g/mol. The van der Waals surface area contributed by atoms with Crippen molar-refractivity contribution >= 4 is 17.7 Å². The van der Waals surface area contributed by atoms with E-state index in [-0.39, 0.29) is 5.91 Å². The average Bonchev–Trinajstić information content (AvgIpc) is 3.02. The standard InChI is InChI=1S/C15H23N5OS/c1-3-10-19(11-4-2)14(21)12-22-15-16-17-18-20(15)13-8-6-5-7-9-13/h3-4,13H,1-2,5-12H2. The van der Waals surface area contributed by atoms with Gasteiger partial charge in [-0.05, 0) is 23.3 Å². The topological polar surface area (TPSA) is 63.9 Å². The summed E-state index contributed by atoms with van der Waals surface area (Å²) in [5.74, 6) is 0.373. The van der Waals surface area contributed by atoms with E-state index < -0.39 is 0 Å². The fourth-order valence-corrected chi connectivity index (χ4v) is 3.49. The minimum atomic E-state index is 0.0444. The molecule has 0 aromatic carbocycles. The molecule has 1 aliphatic carbocycles. The molecule has 7 heteroatoms. The lowest BCUT2D eigenvalue weighted by molar-refractivity contribution is -0.127. The molecule has 0 saturated heterocycles. The van der Waals surface area contributed by atoms with Crippen molar-refractivity contribution in [3.8, 4) is 0 Å². The summed E-state index contributed by atoms with van der Waals surface area (Å²) in [5.41, 5.74) is 0. The highest BCUT2D eigenvalue weighted by Crippen LogP contribution is 2.30. The quantitative estimate of drug-likeness (QED) is 0.543. The van der Waals surface area contributed by atoms with Crippen molar-refractivity contribution in [1.82, 2.24) is 25.1 Å². The van der Waals surface area contributed by atoms with Crippen molar-refractivity contribution in [2.24, 2.45) is 0 Å². The molecule has 1 saturated carbocycles. The van der Waals surface area contributed by atoms with Gasteiger partial charge in [0.2, 0.25) is 11.1 Å². The molecular weight excluding hydrogens is 298 g/mol. The number of hydrogen-bond donors (Lipinski definition) is 0. The van der Waals surface area contributed by atoms with Gasteiger partial charge in [-0.2, -0.15) is 0 Å². The molecule has 6 nitrogen and oxygen atoms in total. The zero-order valence-electron chi connectivity index (χ0n) is 12.9. The van der Waals surface area contributed by atoms with Crippen LogP contribution < -0.4 is 0 Å². The van der Waals surface area contributed by atoms with Gasteiger partial charge in [-0.15, -0.1) is 18.3 Å². The third-order valence-electron chi connectivity index (χ3n) is 3.76. The number of rotatable bonds is 8. The van der Waals surface area contributed by atoms with E-state index in [0.717, 1.165) is 18.0 Å². The zero-order valence-corrected chi connectivity index (χ0v) is 13.7. The Labute approximate surface area is 135 Å². The predicted octanol–water partition coefficient (Wildman–Crippen LogP) is 2.47. The predicted molar refractivity (Wildman–Crippen MR) is 87.6 cm³/mol. The Bertz CT molecular complexity index is 500. The summed E-state index contributed by atoms with van der Waals surface area (Å²) in [6, 6.07) is 0.374. The lowest BCUT2D eigenvalue weighted by Crippen LogP contribution is -2.32. The van der Waals surface area contributed by atoms with Crippen molar-refractivity contribution in [2.45, 2.75) is 43.3 Å². The molecule has 1 heterocycles. The van der Waals surface area contributed by atoms with Gasteiger partial charge in [-0.1, -0.05) is 43.2 Å². The Morgan fingerprint density at radius 3 is 2.59 bits per heavy atom. The van der Waals surface area contributed by atoms with Gasteiger partial charge in [0.25, 0.3) is 0 Å². The monoisotopic (exact) mass is 321 g/mol. The van der Waals surface area contributed by atoms with E-state index in [4.69, 9.17) is 0 Å². The van der Waals surface area contributed by atoms with Crippen molar-refractivity contribution in [3.05, 3.63) is 25.3 Å². The number of amides is 1. The molecule has 1 aromatic rings. The normalized spacial score (nSPS) is 15.5. The van der Waals surface area contributed by atoms with E-state index in [0.29, 0.717) is 24.9 Å². The van der Waals surface area contributed by atoms with E-state index in [1.807, 2.05) is 4.68 Å². The number of tetrazole rings is 1. The van der Waals surface area contributed by atoms with Crippen LogP contribution in [0.3, 0.4) is 0 Å². The van der Waals surface area contributed by atoms with Crippen LogP contribution in [0.5, 0.6) is 0 Å². The van der Waals surface area contributed by atoms with Crippen LogP contribution in [0, 0.1) is 0 Å². The number of aromatic nitrogens is 4. The molecule has 0 N–H and O–H groups in total. The first-order chi connectivity index (χ1) is 10.8. The van der Waals surface area contributed by atoms with Crippen LogP contribution in [-0.2, 0) is 4.79 Å². The number of carbonyl (C=O) groups excluding carboxylic acids is 1. The molecule has 1 aliphatic rings. The van der Waals surface area contributed by atoms with Crippen molar-refractivity contribution in [1.29, 1.82) is 0 Å². The molecule has 120 valence electrons. The van der Waals surface area contributed by atoms with Crippen LogP contribution in [0.25, 0.3) is 0 Å². The molecule has 0 unspecified atom stereocenters. The van der Waals surface area contributed by atoms with Gasteiger partial charge in [0.05, 0.1) is 11.8 Å². The molecule has 22 heavy (non-hydrogen) atoms. The highest BCUT2D eigenvalue weighted by molar-refractivity contribution is 7.99. The van der Waals surface area contributed by atoms with Crippen LogP contribution in [0.4, 0.5) is 0 Å². The second-order valence-electron chi connectivity index (χ2n) is 5.36. The first-order valence-electron chi connectivity index (χ1n) is 7.66. The van der Waals surface area contributed by atoms with Crippen LogP contribution in [-0.4, -0.2) is 49.9 Å². The molecule has 0 radical (unpaired) electrons. The largest absolute Gasteiger partial charge is 0.335 e. The van der Waals surface area contributed by atoms with Crippen LogP contribution in [0.15, 0.2) is 30.5 Å². The summed E-state index contributed by atoms with van der Waals surface area (Å²) in [4.78, 5) is 13.9. The third-order valence-corrected chi connectivity index (χ3v) is 4.68. The maximum atomic E-state index is 12.2. The summed E-state index contributed by atoms with van der Waals surface area (Å²) < 4.78 is 1.89. The van der Waals surface area contributed by atoms with Gasteiger partial charge in [-0.25, -0.2) is 4.68 Å². The van der Waals surface area contributed by atoms with Crippen LogP contribution in [0.1, 0.15) is 38.1 Å². The fraction of sp³-hybridized carbons (Fsp3) is 0.600. The molecular formula is C15H23N5OS. The summed E-state index contributed by atoms with van der Waals surface area (Å²) in [6.45, 7) is 8.41. The summed E-state index contributed by atoms with van der Waals surface area (Å²) >= 11 is 1.40. The molecule has 2 rings (SSSR count). The van der Waals surface area contributed by atoms with Crippen molar-refractivity contribution in [2.75, 3.05) is 18.8 Å². The Morgan fingerprint density at radius 2 is 1.95 bits per heavy atom. The highest BCUT2D eigenvalue weighted by atomic mass is 32.2. The molecule has 0 bridgehead atoms. The lowest BCUT2D eigenvalue weighted by Gasteiger charge is -2.22. The van der Waals surface area contributed by atoms with Crippen molar-refractivity contribution in [3.63, 3.8) is 0 Å². The van der Waals surface area contributed by atoms with E-state index in [9.17, 15) is 4.79 Å². The maximum Gasteiger partial charge on any atom is 0.233 e. The molecule has 1 aromatic heterocycles. The second-order valence-corrected chi connectivity index (χ2v) is 6.31. The molecule has 0 atom stereocenters. The van der Waals surface area contributed by atoms with E-state index in [1.165, 1.54) is 31.0 Å². The Hall–Kier alpha value is -1.63. The van der Waals surface area contributed by atoms with Gasteiger partial charge in [-0.3, -0.25) is 4.79 Å². The molecule has 0 aliphatic heterocycles. The van der Waals surface area contributed by atoms with Crippen LogP contribution in [0.2, 0.25) is 0 Å². The van der Waals surface area contributed by atoms with Crippen LogP contribution >= 0.6 is 11.8 Å². The Balaban J connectivity index is 1.93. The van der Waals surface area contributed by atoms with E-state index in [1.54, 1.807) is 17.1 Å². The lowest BCUT2D eigenvalue weighted by atomic mass is 9.96. The maximum absolute atomic E-state index is 12.2. The minimum Gasteiger partial charge on any atom is -0.335 e. The number of hydrogen-bond acceptors (Lipinski definition) is 5. The van der Waals surface area contributed by atoms with Gasteiger partial charge in [0.15, 0.2) is 0 Å². The third kappa shape index (κ3) is 4.43. The van der Waals surface area contributed by atoms with E-state index in [2.05, 4.69) is 28.7 Å². The number of nitrogens with zero attached hydrogens (tertiary/aromatic N) is 5. The zero-order chi connectivity index (χ0) is 15.8. The highest BCUT2D eigenvalue weighted by Gasteiger charge is 2.21. The number of thioether (sulfide) groups is 1. The molecule has 1 fully saturated rings. The molecule has 0 spiro atoms. The first-order valence-corrected chi connectivity index (χ1v) is 8.65. The summed E-state index contributed by atoms with van der Waals surface area (Å²) in [7, 11) is 0. The van der Waals surface area contributed by atoms with Gasteiger partial charge >= 0.3 is 0 Å². The van der Waals surface area contributed by atoms with Gasteiger partial charge in [0, 0.05) is 13.1 Å². The minimum absolute atomic E-state index is 0.0444. The Kier molecular flexibility index (Phi) is 6.64. The SMILES string of the molecule is C=CCN(CC=C)C(=O)CSc1nnnn1C1CCCCC1. The van der Waals surface area contributed by atoms with Gasteiger partial charge < -0.3 is 4.90 Å². The summed E-state index contributed by atoms with van der Waals surface area (Å²) in [6.07, 6.45) is 9.41. The molecule has 1 amide bonds. The smallest absolute Gasteiger partial charge is 0.233 e. The summed E-state index contributed by atoms with van der Waals surface area (Å²) in [5, 5.41) is 12.7. The second kappa shape index (κ2) is 8.73. The van der Waals surface area contributed by atoms with Gasteiger partial charge in [0.1, 0.15) is 0 Å². The first kappa shape index (κ1) is 16.7. The fourth-order valence-electron chi connectivity index (χ4n) is 2.64. The number of carbonyl (C=O) groups is 1.